The molecule has 0 aliphatic heterocycles. The van der Waals surface area contributed by atoms with Gasteiger partial charge in [-0.05, 0) is 12.5 Å². The first-order valence-corrected chi connectivity index (χ1v) is 6.83. The summed E-state index contributed by atoms with van der Waals surface area (Å²) in [5.74, 6) is -1.20. The summed E-state index contributed by atoms with van der Waals surface area (Å²) in [6, 6.07) is 6.43. The van der Waals surface area contributed by atoms with Crippen LogP contribution in [0.15, 0.2) is 24.3 Å². The zero-order valence-electron chi connectivity index (χ0n) is 9.29. The molecule has 17 heavy (non-hydrogen) atoms. The lowest BCUT2D eigenvalue weighted by Gasteiger charge is -2.10. The second kappa shape index (κ2) is 5.25. The van der Waals surface area contributed by atoms with E-state index in [4.69, 9.17) is 5.11 Å². The van der Waals surface area contributed by atoms with E-state index in [0.717, 1.165) is 0 Å². The number of hydrogen-bond donors (Lipinski definition) is 2. The zero-order chi connectivity index (χ0) is 13.1. The van der Waals surface area contributed by atoms with Crippen LogP contribution in [0.1, 0.15) is 22.3 Å². The molecule has 1 aromatic carbocycles. The van der Waals surface area contributed by atoms with Gasteiger partial charge in [0, 0.05) is 11.7 Å². The van der Waals surface area contributed by atoms with Crippen LogP contribution >= 0.6 is 7.37 Å². The molecule has 0 fully saturated rings. The molecule has 1 rings (SSSR count). The monoisotopic (exact) mass is 256 g/mol. The number of carbonyl (C=O) groups excluding carboxylic acids is 1. The van der Waals surface area contributed by atoms with E-state index in [0.29, 0.717) is 5.56 Å². The molecule has 0 aliphatic rings. The molecule has 0 heterocycles. The van der Waals surface area contributed by atoms with Crippen molar-refractivity contribution < 1.29 is 24.2 Å². The van der Waals surface area contributed by atoms with Gasteiger partial charge in [0.25, 0.3) is 7.37 Å². The van der Waals surface area contributed by atoms with Gasteiger partial charge >= 0.3 is 5.97 Å². The largest absolute Gasteiger partial charge is 0.481 e. The van der Waals surface area contributed by atoms with E-state index in [-0.39, 0.29) is 5.56 Å². The highest BCUT2D eigenvalue weighted by atomic mass is 31.2. The third kappa shape index (κ3) is 3.51. The summed E-state index contributed by atoms with van der Waals surface area (Å²) >= 11 is 0. The van der Waals surface area contributed by atoms with Gasteiger partial charge < -0.3 is 10.00 Å². The van der Waals surface area contributed by atoms with Gasteiger partial charge in [-0.25, -0.2) is 0 Å². The van der Waals surface area contributed by atoms with Gasteiger partial charge in [0.15, 0.2) is 0 Å². The highest BCUT2D eigenvalue weighted by molar-refractivity contribution is 7.76. The lowest BCUT2D eigenvalue weighted by atomic mass is 10.1. The van der Waals surface area contributed by atoms with E-state index >= 15 is 0 Å². The summed E-state index contributed by atoms with van der Waals surface area (Å²) in [6.45, 7) is 1.66. The number of benzene rings is 1. The molecule has 0 amide bonds. The van der Waals surface area contributed by atoms with Gasteiger partial charge in [-0.2, -0.15) is 0 Å². The average molecular weight is 256 g/mol. The van der Waals surface area contributed by atoms with Crippen molar-refractivity contribution in [3.8, 4) is 0 Å². The van der Waals surface area contributed by atoms with Crippen molar-refractivity contribution in [1.29, 1.82) is 0 Å². The van der Waals surface area contributed by atoms with Crippen LogP contribution in [0.5, 0.6) is 0 Å². The van der Waals surface area contributed by atoms with Crippen molar-refractivity contribution in [1.82, 2.24) is 0 Å². The first kappa shape index (κ1) is 13.6. The van der Waals surface area contributed by atoms with Crippen molar-refractivity contribution >= 4 is 18.9 Å². The number of carboxylic acid groups (broad SMARTS) is 1. The van der Waals surface area contributed by atoms with Gasteiger partial charge in [-0.15, -0.1) is 0 Å². The van der Waals surface area contributed by atoms with E-state index in [1.54, 1.807) is 25.1 Å². The van der Waals surface area contributed by atoms with Crippen LogP contribution in [-0.2, 0) is 9.36 Å². The number of carboxylic acids is 1. The Bertz CT molecular complexity index is 494. The molecule has 0 aliphatic carbocycles. The number of carbonyl (C=O) groups is 2. The van der Waals surface area contributed by atoms with Crippen LogP contribution in [-0.4, -0.2) is 27.7 Å². The SMILES string of the molecule is Cc1ccccc1C(=O)P(=O)(O)CCC(=O)O. The van der Waals surface area contributed by atoms with Crippen molar-refractivity contribution in [2.24, 2.45) is 0 Å². The summed E-state index contributed by atoms with van der Waals surface area (Å²) < 4.78 is 11.7. The molecule has 0 saturated heterocycles. The van der Waals surface area contributed by atoms with E-state index in [1.807, 2.05) is 0 Å². The summed E-state index contributed by atoms with van der Waals surface area (Å²) in [7, 11) is -4.11. The predicted molar refractivity (Wildman–Crippen MR) is 62.5 cm³/mol. The van der Waals surface area contributed by atoms with E-state index in [1.165, 1.54) is 6.07 Å². The summed E-state index contributed by atoms with van der Waals surface area (Å²) in [5, 5.41) is 8.44. The fourth-order valence-electron chi connectivity index (χ4n) is 1.35. The molecule has 1 unspecified atom stereocenters. The third-order valence-corrected chi connectivity index (χ3v) is 4.03. The molecule has 0 saturated carbocycles. The van der Waals surface area contributed by atoms with Crippen LogP contribution in [0, 0.1) is 6.92 Å². The molecule has 92 valence electrons. The fourth-order valence-corrected chi connectivity index (χ4v) is 2.67. The van der Waals surface area contributed by atoms with Crippen LogP contribution in [0.25, 0.3) is 0 Å². The molecule has 1 aromatic rings. The quantitative estimate of drug-likeness (QED) is 0.785. The minimum absolute atomic E-state index is 0.170. The standard InChI is InChI=1S/C11H13O5P/c1-8-4-2-3-5-9(8)11(14)17(15,16)7-6-10(12)13/h2-5H,6-7H2,1H3,(H,12,13)(H,15,16). The predicted octanol–water partition coefficient (Wildman–Crippen LogP) is 1.88. The van der Waals surface area contributed by atoms with Crippen molar-refractivity contribution in [2.45, 2.75) is 13.3 Å². The highest BCUT2D eigenvalue weighted by Crippen LogP contribution is 2.45. The molecule has 5 nitrogen and oxygen atoms in total. The first-order chi connectivity index (χ1) is 7.84. The second-order valence-corrected chi connectivity index (χ2v) is 5.95. The number of rotatable bonds is 5. The number of hydrogen-bond acceptors (Lipinski definition) is 3. The maximum absolute atomic E-state index is 11.8. The van der Waals surface area contributed by atoms with Gasteiger partial charge in [-0.3, -0.25) is 14.2 Å². The number of aryl methyl sites for hydroxylation is 1. The third-order valence-electron chi connectivity index (χ3n) is 2.32. The topological polar surface area (TPSA) is 91.7 Å². The zero-order valence-corrected chi connectivity index (χ0v) is 10.2. The summed E-state index contributed by atoms with van der Waals surface area (Å²) in [5.41, 5.74) is -0.109. The minimum atomic E-state index is -4.11. The number of aliphatic carboxylic acids is 1. The lowest BCUT2D eigenvalue weighted by molar-refractivity contribution is -0.136. The molecule has 0 bridgehead atoms. The Kier molecular flexibility index (Phi) is 4.21. The molecule has 0 aromatic heterocycles. The maximum atomic E-state index is 11.8. The highest BCUT2D eigenvalue weighted by Gasteiger charge is 2.31. The van der Waals surface area contributed by atoms with Crippen LogP contribution in [0.2, 0.25) is 0 Å². The molecule has 1 atom stereocenters. The van der Waals surface area contributed by atoms with Crippen LogP contribution in [0.3, 0.4) is 0 Å². The summed E-state index contributed by atoms with van der Waals surface area (Å²) in [4.78, 5) is 31.7. The van der Waals surface area contributed by atoms with E-state index < -0.39 is 31.4 Å². The van der Waals surface area contributed by atoms with Gasteiger partial charge in [0.1, 0.15) is 0 Å². The first-order valence-electron chi connectivity index (χ1n) is 4.99. The Morgan fingerprint density at radius 3 is 2.41 bits per heavy atom. The van der Waals surface area contributed by atoms with Crippen molar-refractivity contribution in [3.63, 3.8) is 0 Å². The second-order valence-electron chi connectivity index (χ2n) is 3.69. The molecular weight excluding hydrogens is 243 g/mol. The smallest absolute Gasteiger partial charge is 0.303 e. The molecule has 6 heteroatoms. The molecule has 0 spiro atoms. The lowest BCUT2D eigenvalue weighted by Crippen LogP contribution is -2.08. The minimum Gasteiger partial charge on any atom is -0.481 e. The van der Waals surface area contributed by atoms with E-state index in [9.17, 15) is 19.0 Å². The Morgan fingerprint density at radius 2 is 1.88 bits per heavy atom. The Morgan fingerprint density at radius 1 is 1.29 bits per heavy atom. The molecular formula is C11H13O5P. The van der Waals surface area contributed by atoms with Crippen LogP contribution < -0.4 is 0 Å². The Hall–Kier alpha value is -1.45. The van der Waals surface area contributed by atoms with E-state index in [2.05, 4.69) is 0 Å². The Labute approximate surface area is 98.5 Å². The summed E-state index contributed by atoms with van der Waals surface area (Å²) in [6.07, 6.45) is -1.03. The van der Waals surface area contributed by atoms with Crippen LogP contribution in [0.4, 0.5) is 0 Å². The van der Waals surface area contributed by atoms with Gasteiger partial charge in [-0.1, -0.05) is 24.3 Å². The molecule has 0 radical (unpaired) electrons. The van der Waals surface area contributed by atoms with Crippen molar-refractivity contribution in [2.75, 3.05) is 6.16 Å². The average Bonchev–Trinajstić information content (AvgIpc) is 2.26. The van der Waals surface area contributed by atoms with Gasteiger partial charge in [0.2, 0.25) is 5.52 Å². The fraction of sp³-hybridized carbons (Fsp3) is 0.273. The normalized spacial score (nSPS) is 14.0. The maximum Gasteiger partial charge on any atom is 0.303 e. The Balaban J connectivity index is 2.93. The van der Waals surface area contributed by atoms with Gasteiger partial charge in [0.05, 0.1) is 6.42 Å². The molecule has 2 N–H and O–H groups in total. The van der Waals surface area contributed by atoms with Crippen molar-refractivity contribution in [3.05, 3.63) is 35.4 Å².